The van der Waals surface area contributed by atoms with E-state index in [1.165, 1.54) is 0 Å². The van der Waals surface area contributed by atoms with Crippen LogP contribution in [0.4, 0.5) is 5.82 Å². The summed E-state index contributed by atoms with van der Waals surface area (Å²) in [6.07, 6.45) is 2.78. The van der Waals surface area contributed by atoms with Gasteiger partial charge in [0.1, 0.15) is 16.7 Å². The van der Waals surface area contributed by atoms with Crippen molar-refractivity contribution in [2.24, 2.45) is 0 Å². The summed E-state index contributed by atoms with van der Waals surface area (Å²) in [6, 6.07) is 0. The maximum atomic E-state index is 4.33. The van der Waals surface area contributed by atoms with E-state index in [9.17, 15) is 0 Å². The minimum atomic E-state index is 0.571. The second-order valence-corrected chi connectivity index (χ2v) is 5.66. The summed E-state index contributed by atoms with van der Waals surface area (Å²) in [5.41, 5.74) is 2.76. The van der Waals surface area contributed by atoms with E-state index in [4.69, 9.17) is 0 Å². The van der Waals surface area contributed by atoms with Crippen molar-refractivity contribution in [2.75, 3.05) is 18.0 Å². The normalized spacial score (nSPS) is 21.4. The molecule has 0 saturated carbocycles. The molecule has 0 aliphatic carbocycles. The highest BCUT2D eigenvalue weighted by molar-refractivity contribution is 9.09. The number of fused-ring (bicyclic) bond motifs is 1. The fourth-order valence-electron chi connectivity index (χ4n) is 1.82. The Hall–Kier alpha value is -0.750. The van der Waals surface area contributed by atoms with E-state index in [2.05, 4.69) is 35.8 Å². The summed E-state index contributed by atoms with van der Waals surface area (Å²) in [5.74, 6) is 0.975. The molecule has 1 atom stereocenters. The first-order chi connectivity index (χ1) is 7.34. The molecule has 4 nitrogen and oxygen atoms in total. The molecule has 0 N–H and O–H groups in total. The molecule has 2 aromatic heterocycles. The fourth-order valence-corrected chi connectivity index (χ4v) is 3.00. The molecule has 1 aliphatic rings. The number of hydrogen-bond acceptors (Lipinski definition) is 5. The van der Waals surface area contributed by atoms with Crippen molar-refractivity contribution in [3.05, 3.63) is 11.8 Å². The highest BCUT2D eigenvalue weighted by Gasteiger charge is 2.23. The van der Waals surface area contributed by atoms with Gasteiger partial charge in [-0.05, 0) is 6.42 Å². The van der Waals surface area contributed by atoms with Crippen LogP contribution in [0.25, 0.3) is 10.3 Å². The van der Waals surface area contributed by atoms with Gasteiger partial charge in [-0.25, -0.2) is 15.0 Å². The summed E-state index contributed by atoms with van der Waals surface area (Å²) < 4.78 is 0. The van der Waals surface area contributed by atoms with E-state index >= 15 is 0 Å². The lowest BCUT2D eigenvalue weighted by molar-refractivity contribution is 0.938. The van der Waals surface area contributed by atoms with Crippen molar-refractivity contribution in [3.8, 4) is 0 Å². The minimum Gasteiger partial charge on any atom is -0.354 e. The zero-order valence-electron chi connectivity index (χ0n) is 7.93. The number of aromatic nitrogens is 3. The molecule has 0 aromatic carbocycles. The molecule has 1 fully saturated rings. The highest BCUT2D eigenvalue weighted by Crippen LogP contribution is 2.28. The van der Waals surface area contributed by atoms with Crippen molar-refractivity contribution >= 4 is 43.4 Å². The molecule has 3 heterocycles. The smallest absolute Gasteiger partial charge is 0.159 e. The van der Waals surface area contributed by atoms with Gasteiger partial charge in [-0.2, -0.15) is 0 Å². The van der Waals surface area contributed by atoms with Gasteiger partial charge >= 0.3 is 0 Å². The van der Waals surface area contributed by atoms with Crippen LogP contribution in [0.2, 0.25) is 0 Å². The second kappa shape index (κ2) is 3.68. The summed E-state index contributed by atoms with van der Waals surface area (Å²) in [7, 11) is 0. The molecule has 1 saturated heterocycles. The summed E-state index contributed by atoms with van der Waals surface area (Å²) in [4.78, 5) is 16.7. The predicted molar refractivity (Wildman–Crippen MR) is 64.8 cm³/mol. The molecular weight excluding hydrogens is 276 g/mol. The third kappa shape index (κ3) is 1.61. The Bertz CT molecular complexity index is 486. The van der Waals surface area contributed by atoms with Gasteiger partial charge in [-0.15, -0.1) is 11.3 Å². The van der Waals surface area contributed by atoms with Crippen LogP contribution in [0.5, 0.6) is 0 Å². The van der Waals surface area contributed by atoms with Gasteiger partial charge in [0.15, 0.2) is 5.82 Å². The summed E-state index contributed by atoms with van der Waals surface area (Å²) in [5, 5.41) is 0. The molecular formula is C9H9BrN4S. The Morgan fingerprint density at radius 3 is 3.13 bits per heavy atom. The first-order valence-corrected chi connectivity index (χ1v) is 6.57. The van der Waals surface area contributed by atoms with Crippen LogP contribution in [0.1, 0.15) is 6.42 Å². The molecule has 0 spiro atoms. The van der Waals surface area contributed by atoms with E-state index in [1.54, 1.807) is 17.7 Å². The zero-order valence-corrected chi connectivity index (χ0v) is 10.3. The first kappa shape index (κ1) is 9.47. The third-order valence-electron chi connectivity index (χ3n) is 2.55. The van der Waals surface area contributed by atoms with Crippen LogP contribution < -0.4 is 4.90 Å². The quantitative estimate of drug-likeness (QED) is 0.752. The van der Waals surface area contributed by atoms with Crippen LogP contribution in [0.15, 0.2) is 11.8 Å². The van der Waals surface area contributed by atoms with Gasteiger partial charge < -0.3 is 4.90 Å². The first-order valence-electron chi connectivity index (χ1n) is 4.78. The molecule has 2 aromatic rings. The maximum Gasteiger partial charge on any atom is 0.159 e. The van der Waals surface area contributed by atoms with Crippen molar-refractivity contribution in [3.63, 3.8) is 0 Å². The number of halogens is 1. The van der Waals surface area contributed by atoms with Crippen LogP contribution >= 0.6 is 27.3 Å². The van der Waals surface area contributed by atoms with Crippen molar-refractivity contribution in [1.29, 1.82) is 0 Å². The average Bonchev–Trinajstić information content (AvgIpc) is 2.84. The molecule has 15 heavy (non-hydrogen) atoms. The van der Waals surface area contributed by atoms with Gasteiger partial charge in [0.25, 0.3) is 0 Å². The van der Waals surface area contributed by atoms with E-state index in [0.29, 0.717) is 4.83 Å². The van der Waals surface area contributed by atoms with Gasteiger partial charge in [-0.1, -0.05) is 15.9 Å². The predicted octanol–water partition coefficient (Wildman–Crippen LogP) is 2.06. The van der Waals surface area contributed by atoms with E-state index in [1.807, 2.05) is 5.51 Å². The standard InChI is InChI=1S/C9H9BrN4S/c10-6-1-2-14(3-6)8-7-9(12-4-11-8)15-5-13-7/h4-6H,1-3H2. The van der Waals surface area contributed by atoms with Gasteiger partial charge in [-0.3, -0.25) is 0 Å². The molecule has 0 bridgehead atoms. The Balaban J connectivity index is 2.06. The van der Waals surface area contributed by atoms with Crippen LogP contribution in [-0.2, 0) is 0 Å². The monoisotopic (exact) mass is 284 g/mol. The van der Waals surface area contributed by atoms with Crippen molar-refractivity contribution < 1.29 is 0 Å². The lowest BCUT2D eigenvalue weighted by atomic mass is 10.4. The Morgan fingerprint density at radius 1 is 1.40 bits per heavy atom. The van der Waals surface area contributed by atoms with E-state index in [0.717, 1.165) is 35.7 Å². The van der Waals surface area contributed by atoms with Gasteiger partial charge in [0.05, 0.1) is 5.51 Å². The molecule has 78 valence electrons. The van der Waals surface area contributed by atoms with Gasteiger partial charge in [0.2, 0.25) is 0 Å². The number of alkyl halides is 1. The minimum absolute atomic E-state index is 0.571. The molecule has 0 amide bonds. The lowest BCUT2D eigenvalue weighted by Crippen LogP contribution is -2.21. The van der Waals surface area contributed by atoms with Crippen molar-refractivity contribution in [2.45, 2.75) is 11.2 Å². The maximum absolute atomic E-state index is 4.33. The summed E-state index contributed by atoms with van der Waals surface area (Å²) in [6.45, 7) is 2.04. The van der Waals surface area contributed by atoms with E-state index < -0.39 is 0 Å². The number of thiazole rings is 1. The van der Waals surface area contributed by atoms with Crippen LogP contribution in [0.3, 0.4) is 0 Å². The molecule has 6 heteroatoms. The largest absolute Gasteiger partial charge is 0.354 e. The Labute approximate surface area is 99.5 Å². The molecule has 3 rings (SSSR count). The highest BCUT2D eigenvalue weighted by atomic mass is 79.9. The Kier molecular flexibility index (Phi) is 2.32. The van der Waals surface area contributed by atoms with Crippen molar-refractivity contribution in [1.82, 2.24) is 15.0 Å². The molecule has 1 aliphatic heterocycles. The van der Waals surface area contributed by atoms with E-state index in [-0.39, 0.29) is 0 Å². The second-order valence-electron chi connectivity index (χ2n) is 3.54. The number of hydrogen-bond donors (Lipinski definition) is 0. The summed E-state index contributed by atoms with van der Waals surface area (Å²) >= 11 is 5.19. The van der Waals surface area contributed by atoms with Gasteiger partial charge in [0, 0.05) is 17.9 Å². The lowest BCUT2D eigenvalue weighted by Gasteiger charge is -2.16. The molecule has 1 unspecified atom stereocenters. The number of rotatable bonds is 1. The topological polar surface area (TPSA) is 41.9 Å². The molecule has 0 radical (unpaired) electrons. The Morgan fingerprint density at radius 2 is 2.33 bits per heavy atom. The van der Waals surface area contributed by atoms with Crippen LogP contribution in [-0.4, -0.2) is 32.9 Å². The van der Waals surface area contributed by atoms with Crippen LogP contribution in [0, 0.1) is 0 Å². The SMILES string of the molecule is BrC1CCN(c2ncnc3scnc23)C1. The number of nitrogens with zero attached hydrogens (tertiary/aromatic N) is 4. The average molecular weight is 285 g/mol. The number of anilines is 1. The fraction of sp³-hybridized carbons (Fsp3) is 0.444. The third-order valence-corrected chi connectivity index (χ3v) is 4.03. The zero-order chi connectivity index (χ0) is 10.3.